The van der Waals surface area contributed by atoms with Gasteiger partial charge < -0.3 is 9.64 Å². The number of amides is 1. The van der Waals surface area contributed by atoms with Gasteiger partial charge in [0.05, 0.1) is 18.9 Å². The van der Waals surface area contributed by atoms with Gasteiger partial charge in [0, 0.05) is 17.3 Å². The first-order valence-electron chi connectivity index (χ1n) is 8.13. The molecule has 134 valence electrons. The smallest absolute Gasteiger partial charge is 0.310 e. The Morgan fingerprint density at radius 2 is 1.77 bits per heavy atom. The van der Waals surface area contributed by atoms with E-state index in [9.17, 15) is 9.59 Å². The lowest BCUT2D eigenvalue weighted by molar-refractivity contribution is -0.147. The molecule has 0 unspecified atom stereocenters. The van der Waals surface area contributed by atoms with Crippen LogP contribution < -0.4 is 4.90 Å². The van der Waals surface area contributed by atoms with Gasteiger partial charge in [0.2, 0.25) is 0 Å². The van der Waals surface area contributed by atoms with Crippen molar-refractivity contribution < 1.29 is 14.3 Å². The van der Waals surface area contributed by atoms with Gasteiger partial charge in [0.1, 0.15) is 0 Å². The lowest BCUT2D eigenvalue weighted by atomic mass is 10.1. The quantitative estimate of drug-likeness (QED) is 0.697. The molecule has 1 amide bonds. The topological polar surface area (TPSA) is 70.4 Å². The molecule has 0 fully saturated rings. The highest BCUT2D eigenvalue weighted by atomic mass is 35.5. The minimum atomic E-state index is -0.496. The zero-order valence-electron chi connectivity index (χ0n) is 14.4. The molecule has 5 nitrogen and oxygen atoms in total. The van der Waals surface area contributed by atoms with Gasteiger partial charge in [-0.3, -0.25) is 9.59 Å². The number of halogens is 1. The van der Waals surface area contributed by atoms with E-state index in [-0.39, 0.29) is 31.9 Å². The molecule has 0 spiro atoms. The molecule has 0 saturated carbocycles. The average Bonchev–Trinajstić information content (AvgIpc) is 2.63. The van der Waals surface area contributed by atoms with Crippen molar-refractivity contribution in [1.29, 1.82) is 5.26 Å². The van der Waals surface area contributed by atoms with Crippen LogP contribution in [0.5, 0.6) is 0 Å². The van der Waals surface area contributed by atoms with Crippen LogP contribution in [-0.2, 0) is 20.7 Å². The Hall–Kier alpha value is -2.84. The molecule has 2 aromatic carbocycles. The predicted molar refractivity (Wildman–Crippen MR) is 99.9 cm³/mol. The maximum atomic E-state index is 12.5. The van der Waals surface area contributed by atoms with Crippen molar-refractivity contribution >= 4 is 29.2 Å². The van der Waals surface area contributed by atoms with Crippen molar-refractivity contribution in [3.8, 4) is 6.07 Å². The summed E-state index contributed by atoms with van der Waals surface area (Å²) in [6, 6.07) is 16.2. The monoisotopic (exact) mass is 370 g/mol. The fraction of sp³-hybridized carbons (Fsp3) is 0.250. The third-order valence-corrected chi connectivity index (χ3v) is 3.96. The van der Waals surface area contributed by atoms with Crippen LogP contribution in [0.4, 0.5) is 5.69 Å². The zero-order chi connectivity index (χ0) is 18.9. The number of nitrogens with zero attached hydrogens (tertiary/aromatic N) is 2. The van der Waals surface area contributed by atoms with Crippen molar-refractivity contribution in [3.63, 3.8) is 0 Å². The molecule has 2 rings (SSSR count). The summed E-state index contributed by atoms with van der Waals surface area (Å²) in [6.07, 6.45) is 0.255. The first-order valence-corrected chi connectivity index (χ1v) is 8.51. The van der Waals surface area contributed by atoms with Gasteiger partial charge in [-0.05, 0) is 36.8 Å². The zero-order valence-corrected chi connectivity index (χ0v) is 15.2. The Kier molecular flexibility index (Phi) is 7.19. The minimum Gasteiger partial charge on any atom is -0.455 e. The molecule has 0 aliphatic rings. The molecule has 0 radical (unpaired) electrons. The fourth-order valence-electron chi connectivity index (χ4n) is 2.32. The van der Waals surface area contributed by atoms with Crippen LogP contribution in [0.25, 0.3) is 0 Å². The average molecular weight is 371 g/mol. The van der Waals surface area contributed by atoms with Crippen molar-refractivity contribution in [2.75, 3.05) is 18.1 Å². The summed E-state index contributed by atoms with van der Waals surface area (Å²) in [4.78, 5) is 25.9. The van der Waals surface area contributed by atoms with Crippen molar-refractivity contribution in [2.45, 2.75) is 19.8 Å². The number of carbonyl (C=O) groups is 2. The third-order valence-electron chi connectivity index (χ3n) is 3.71. The summed E-state index contributed by atoms with van der Waals surface area (Å²) < 4.78 is 5.10. The van der Waals surface area contributed by atoms with E-state index in [4.69, 9.17) is 21.6 Å². The Balaban J connectivity index is 1.95. The predicted octanol–water partition coefficient (Wildman–Crippen LogP) is 3.68. The Bertz CT molecular complexity index is 795. The first-order chi connectivity index (χ1) is 12.5. The molecule has 0 N–H and O–H groups in total. The molecule has 2 aromatic rings. The summed E-state index contributed by atoms with van der Waals surface area (Å²) in [6.45, 7) is 1.82. The highest BCUT2D eigenvalue weighted by Crippen LogP contribution is 2.16. The molecule has 26 heavy (non-hydrogen) atoms. The Morgan fingerprint density at radius 3 is 2.38 bits per heavy atom. The Morgan fingerprint density at radius 1 is 1.12 bits per heavy atom. The number of carbonyl (C=O) groups excluding carboxylic acids is 2. The standard InChI is InChI=1S/C20H19ClN2O3/c1-15-3-9-18(10-4-15)23(12-2-11-22)19(24)14-26-20(25)13-16-5-7-17(21)8-6-16/h3-10H,2,12-14H2,1H3. The van der Waals surface area contributed by atoms with Gasteiger partial charge >= 0.3 is 5.97 Å². The molecule has 0 aromatic heterocycles. The van der Waals surface area contributed by atoms with Gasteiger partial charge in [-0.1, -0.05) is 41.4 Å². The fourth-order valence-corrected chi connectivity index (χ4v) is 2.45. The largest absolute Gasteiger partial charge is 0.455 e. The van der Waals surface area contributed by atoms with Crippen LogP contribution in [-0.4, -0.2) is 25.0 Å². The van der Waals surface area contributed by atoms with Gasteiger partial charge in [-0.25, -0.2) is 0 Å². The van der Waals surface area contributed by atoms with Crippen molar-refractivity contribution in [1.82, 2.24) is 0 Å². The summed E-state index contributed by atoms with van der Waals surface area (Å²) in [7, 11) is 0. The third kappa shape index (κ3) is 5.91. The number of esters is 1. The van der Waals surface area contributed by atoms with E-state index in [2.05, 4.69) is 0 Å². The van der Waals surface area contributed by atoms with Gasteiger partial charge in [-0.2, -0.15) is 5.26 Å². The molecule has 6 heteroatoms. The number of ether oxygens (including phenoxy) is 1. The summed E-state index contributed by atoms with van der Waals surface area (Å²) in [5.41, 5.74) is 2.49. The maximum absolute atomic E-state index is 12.5. The lowest BCUT2D eigenvalue weighted by Crippen LogP contribution is -2.35. The normalized spacial score (nSPS) is 10.0. The molecule has 0 heterocycles. The number of benzene rings is 2. The molecule has 0 atom stereocenters. The number of hydrogen-bond acceptors (Lipinski definition) is 4. The highest BCUT2D eigenvalue weighted by molar-refractivity contribution is 6.30. The Labute approximate surface area is 157 Å². The lowest BCUT2D eigenvalue weighted by Gasteiger charge is -2.21. The van der Waals surface area contributed by atoms with Crippen LogP contribution in [0.1, 0.15) is 17.5 Å². The second kappa shape index (κ2) is 9.59. The van der Waals surface area contributed by atoms with Gasteiger partial charge in [0.15, 0.2) is 6.61 Å². The molecular formula is C20H19ClN2O3. The van der Waals surface area contributed by atoms with Crippen LogP contribution in [0.2, 0.25) is 5.02 Å². The van der Waals surface area contributed by atoms with E-state index in [1.807, 2.05) is 25.1 Å². The number of rotatable bonds is 7. The first kappa shape index (κ1) is 19.5. The van der Waals surface area contributed by atoms with Crippen LogP contribution in [0.3, 0.4) is 0 Å². The SMILES string of the molecule is Cc1ccc(N(CCC#N)C(=O)COC(=O)Cc2ccc(Cl)cc2)cc1. The van der Waals surface area contributed by atoms with Crippen LogP contribution in [0.15, 0.2) is 48.5 Å². The van der Waals surface area contributed by atoms with E-state index >= 15 is 0 Å². The van der Waals surface area contributed by atoms with Gasteiger partial charge in [-0.15, -0.1) is 0 Å². The number of aryl methyl sites for hydroxylation is 1. The van der Waals surface area contributed by atoms with Gasteiger partial charge in [0.25, 0.3) is 5.91 Å². The van der Waals surface area contributed by atoms with E-state index in [1.165, 1.54) is 4.90 Å². The minimum absolute atomic E-state index is 0.0627. The van der Waals surface area contributed by atoms with E-state index < -0.39 is 5.97 Å². The van der Waals surface area contributed by atoms with Crippen molar-refractivity contribution in [2.24, 2.45) is 0 Å². The van der Waals surface area contributed by atoms with Crippen LogP contribution >= 0.6 is 11.6 Å². The van der Waals surface area contributed by atoms with E-state index in [0.717, 1.165) is 11.1 Å². The second-order valence-electron chi connectivity index (χ2n) is 5.75. The summed E-state index contributed by atoms with van der Waals surface area (Å²) in [5, 5.41) is 9.39. The molecule has 0 aliphatic carbocycles. The molecule has 0 bridgehead atoms. The molecular weight excluding hydrogens is 352 g/mol. The number of hydrogen-bond donors (Lipinski definition) is 0. The van der Waals surface area contributed by atoms with Crippen LogP contribution in [0, 0.1) is 18.3 Å². The summed E-state index contributed by atoms with van der Waals surface area (Å²) in [5.74, 6) is -0.863. The van der Waals surface area contributed by atoms with E-state index in [0.29, 0.717) is 10.7 Å². The number of nitriles is 1. The van der Waals surface area contributed by atoms with Crippen molar-refractivity contribution in [3.05, 3.63) is 64.7 Å². The molecule has 0 saturated heterocycles. The second-order valence-corrected chi connectivity index (χ2v) is 6.19. The number of anilines is 1. The van der Waals surface area contributed by atoms with E-state index in [1.54, 1.807) is 36.4 Å². The highest BCUT2D eigenvalue weighted by Gasteiger charge is 2.17. The summed E-state index contributed by atoms with van der Waals surface area (Å²) >= 11 is 5.81. The molecule has 0 aliphatic heterocycles. The maximum Gasteiger partial charge on any atom is 0.310 e.